The van der Waals surface area contributed by atoms with E-state index < -0.39 is 20.1 Å². The Balaban J connectivity index is 1.84. The molecule has 2 rings (SSSR count). The molecule has 6 nitrogen and oxygen atoms in total. The summed E-state index contributed by atoms with van der Waals surface area (Å²) in [6.45, 7) is 2.27. The summed E-state index contributed by atoms with van der Waals surface area (Å²) in [5.74, 6) is -0.729. The van der Waals surface area contributed by atoms with E-state index in [1.807, 2.05) is 6.92 Å². The van der Waals surface area contributed by atoms with Crippen molar-refractivity contribution < 1.29 is 24.5 Å². The summed E-state index contributed by atoms with van der Waals surface area (Å²) >= 11 is 0. The van der Waals surface area contributed by atoms with Gasteiger partial charge in [-0.2, -0.15) is 4.89 Å². The monoisotopic (exact) mass is 382 g/mol. The Bertz CT molecular complexity index is 600. The number of carbonyl (C=O) groups is 1. The quantitative estimate of drug-likeness (QED) is 0.487. The minimum atomic E-state index is -2.29. The fourth-order valence-electron chi connectivity index (χ4n) is 3.69. The molecule has 4 atom stereocenters. The van der Waals surface area contributed by atoms with Crippen LogP contribution in [0.15, 0.2) is 24.3 Å². The number of aliphatic hydroxyl groups excluding tert-OH is 1. The maximum Gasteiger partial charge on any atom is 0.509 e. The molecule has 0 aliphatic heterocycles. The summed E-state index contributed by atoms with van der Waals surface area (Å²) in [4.78, 5) is 20.6. The second kappa shape index (κ2) is 10.1. The molecule has 1 aromatic carbocycles. The van der Waals surface area contributed by atoms with Crippen LogP contribution in [-0.4, -0.2) is 39.4 Å². The summed E-state index contributed by atoms with van der Waals surface area (Å²) in [6.07, 6.45) is 4.97. The Hall–Kier alpha value is -1.33. The average molecular weight is 382 g/mol. The molecule has 0 bridgehead atoms. The van der Waals surface area contributed by atoms with Crippen LogP contribution < -0.4 is 5.32 Å². The highest BCUT2D eigenvalue weighted by atomic mass is 31.1. The summed E-state index contributed by atoms with van der Waals surface area (Å²) in [6, 6.07) is 6.57. The Kier molecular flexibility index (Phi) is 8.16. The lowest BCUT2D eigenvalue weighted by atomic mass is 9.85. The number of nitrogens with one attached hydrogen (secondary N) is 1. The Morgan fingerprint density at radius 3 is 2.38 bits per heavy atom. The zero-order valence-electron chi connectivity index (χ0n) is 15.2. The van der Waals surface area contributed by atoms with Gasteiger partial charge in [0, 0.05) is 24.9 Å². The molecule has 0 spiro atoms. The van der Waals surface area contributed by atoms with Crippen LogP contribution in [0.3, 0.4) is 0 Å². The Morgan fingerprint density at radius 2 is 1.85 bits per heavy atom. The minimum Gasteiger partial charge on any atom is -0.478 e. The van der Waals surface area contributed by atoms with Gasteiger partial charge in [-0.3, -0.25) is 0 Å². The molecule has 0 heterocycles. The van der Waals surface area contributed by atoms with Crippen LogP contribution in [-0.2, 0) is 4.57 Å². The van der Waals surface area contributed by atoms with Crippen molar-refractivity contribution in [3.63, 3.8) is 0 Å². The van der Waals surface area contributed by atoms with Gasteiger partial charge in [0.25, 0.3) is 0 Å². The van der Waals surface area contributed by atoms with E-state index in [1.165, 1.54) is 6.42 Å². The summed E-state index contributed by atoms with van der Waals surface area (Å²) < 4.78 is 11.7. The van der Waals surface area contributed by atoms with Gasteiger partial charge >= 0.3 is 14.0 Å². The van der Waals surface area contributed by atoms with Crippen molar-refractivity contribution in [2.45, 2.75) is 63.3 Å². The number of aliphatic hydroxyl groups is 1. The SMILES string of the molecule is CC(NC[C@@H](O)CC(C1CCCCC1)[P+](=O)O)c1ccc(C(=O)O)cc1. The van der Waals surface area contributed by atoms with Crippen molar-refractivity contribution in [3.05, 3.63) is 35.4 Å². The summed E-state index contributed by atoms with van der Waals surface area (Å²) in [5.41, 5.74) is 0.828. The van der Waals surface area contributed by atoms with E-state index in [0.717, 1.165) is 31.2 Å². The topological polar surface area (TPSA) is 107 Å². The number of carboxylic acid groups (broad SMARTS) is 1. The van der Waals surface area contributed by atoms with E-state index in [4.69, 9.17) is 5.11 Å². The molecule has 7 heteroatoms. The maximum absolute atomic E-state index is 11.7. The Morgan fingerprint density at radius 1 is 1.23 bits per heavy atom. The van der Waals surface area contributed by atoms with Gasteiger partial charge in [-0.15, -0.1) is 0 Å². The third kappa shape index (κ3) is 6.13. The molecule has 1 saturated carbocycles. The molecule has 144 valence electrons. The standard InChI is InChI=1S/C19H28NO5P/c1-13(14-7-9-16(10-8-14)19(22)23)20-12-17(21)11-18(26(24)25)15-5-3-2-4-6-15/h7-10,13,15,17-18,20-21H,2-6,11-12H2,1H3,(H-,22,23,24,25)/p+1/t13?,17-,18?/m0/s1. The van der Waals surface area contributed by atoms with Gasteiger partial charge in [-0.1, -0.05) is 31.4 Å². The normalized spacial score (nSPS) is 19.6. The van der Waals surface area contributed by atoms with Gasteiger partial charge in [0.15, 0.2) is 5.66 Å². The van der Waals surface area contributed by atoms with Crippen molar-refractivity contribution in [2.75, 3.05) is 6.54 Å². The Labute approximate surface area is 155 Å². The van der Waals surface area contributed by atoms with E-state index >= 15 is 0 Å². The molecule has 26 heavy (non-hydrogen) atoms. The molecule has 0 saturated heterocycles. The van der Waals surface area contributed by atoms with Gasteiger partial charge in [-0.25, -0.2) is 4.79 Å². The van der Waals surface area contributed by atoms with E-state index in [1.54, 1.807) is 24.3 Å². The highest BCUT2D eigenvalue weighted by molar-refractivity contribution is 7.38. The predicted octanol–water partition coefficient (Wildman–Crippen LogP) is 3.47. The fourth-order valence-corrected chi connectivity index (χ4v) is 4.77. The second-order valence-electron chi connectivity index (χ2n) is 7.21. The predicted molar refractivity (Wildman–Crippen MR) is 101 cm³/mol. The number of aromatic carboxylic acids is 1. The van der Waals surface area contributed by atoms with Crippen molar-refractivity contribution in [1.29, 1.82) is 0 Å². The highest BCUT2D eigenvalue weighted by Crippen LogP contribution is 2.40. The van der Waals surface area contributed by atoms with Crippen molar-refractivity contribution in [3.8, 4) is 0 Å². The van der Waals surface area contributed by atoms with Crippen LogP contribution in [0.2, 0.25) is 0 Å². The minimum absolute atomic E-state index is 0.0523. The van der Waals surface area contributed by atoms with E-state index in [0.29, 0.717) is 13.0 Å². The van der Waals surface area contributed by atoms with Crippen LogP contribution in [0.25, 0.3) is 0 Å². The molecule has 1 aliphatic rings. The molecule has 0 amide bonds. The average Bonchev–Trinajstić information content (AvgIpc) is 2.64. The number of benzene rings is 1. The lowest BCUT2D eigenvalue weighted by Crippen LogP contribution is -2.33. The van der Waals surface area contributed by atoms with Crippen molar-refractivity contribution in [2.24, 2.45) is 5.92 Å². The number of carboxylic acids is 1. The smallest absolute Gasteiger partial charge is 0.478 e. The van der Waals surface area contributed by atoms with Crippen LogP contribution in [0.4, 0.5) is 0 Å². The van der Waals surface area contributed by atoms with Gasteiger partial charge in [-0.05, 0) is 42.0 Å². The van der Waals surface area contributed by atoms with Gasteiger partial charge < -0.3 is 15.5 Å². The van der Waals surface area contributed by atoms with Crippen LogP contribution >= 0.6 is 8.03 Å². The van der Waals surface area contributed by atoms with Crippen LogP contribution in [0, 0.1) is 5.92 Å². The van der Waals surface area contributed by atoms with Crippen LogP contribution in [0.5, 0.6) is 0 Å². The molecule has 1 aromatic rings. The maximum atomic E-state index is 11.7. The van der Waals surface area contributed by atoms with Gasteiger partial charge in [0.2, 0.25) is 0 Å². The van der Waals surface area contributed by atoms with Crippen molar-refractivity contribution in [1.82, 2.24) is 5.32 Å². The van der Waals surface area contributed by atoms with E-state index in [2.05, 4.69) is 5.32 Å². The third-order valence-electron chi connectivity index (χ3n) is 5.31. The highest BCUT2D eigenvalue weighted by Gasteiger charge is 2.39. The van der Waals surface area contributed by atoms with Gasteiger partial charge in [0.05, 0.1) is 11.7 Å². The molecular weight excluding hydrogens is 353 g/mol. The fraction of sp³-hybridized carbons (Fsp3) is 0.632. The lowest BCUT2D eigenvalue weighted by Gasteiger charge is -2.25. The summed E-state index contributed by atoms with van der Waals surface area (Å²) in [7, 11) is -2.29. The zero-order valence-corrected chi connectivity index (χ0v) is 16.1. The van der Waals surface area contributed by atoms with E-state index in [9.17, 15) is 19.4 Å². The van der Waals surface area contributed by atoms with E-state index in [-0.39, 0.29) is 23.2 Å². The zero-order chi connectivity index (χ0) is 19.1. The number of hydrogen-bond acceptors (Lipinski definition) is 4. The largest absolute Gasteiger partial charge is 0.509 e. The summed E-state index contributed by atoms with van der Waals surface area (Å²) in [5, 5.41) is 22.5. The molecule has 1 aliphatic carbocycles. The molecule has 0 aromatic heterocycles. The first-order valence-electron chi connectivity index (χ1n) is 9.28. The molecular formula is C19H29NO5P+. The first-order chi connectivity index (χ1) is 12.4. The van der Waals surface area contributed by atoms with Crippen LogP contribution in [0.1, 0.15) is 67.4 Å². The third-order valence-corrected chi connectivity index (χ3v) is 6.51. The molecule has 0 radical (unpaired) electrons. The van der Waals surface area contributed by atoms with Gasteiger partial charge in [0.1, 0.15) is 0 Å². The first-order valence-corrected chi connectivity index (χ1v) is 10.6. The lowest BCUT2D eigenvalue weighted by molar-refractivity contribution is 0.0697. The number of hydrogen-bond donors (Lipinski definition) is 4. The first kappa shape index (κ1) is 21.0. The molecule has 4 N–H and O–H groups in total. The molecule has 1 fully saturated rings. The second-order valence-corrected chi connectivity index (χ2v) is 8.48. The number of rotatable bonds is 9. The van der Waals surface area contributed by atoms with Crippen molar-refractivity contribution >= 4 is 14.0 Å². The molecule has 3 unspecified atom stereocenters.